The fourth-order valence-electron chi connectivity index (χ4n) is 3.23. The Bertz CT molecular complexity index is 775. The summed E-state index contributed by atoms with van der Waals surface area (Å²) in [7, 11) is -2.64. The summed E-state index contributed by atoms with van der Waals surface area (Å²) in [6.07, 6.45) is 0.822. The maximum atomic E-state index is 10.2. The molecule has 2 aromatic rings. The molecular weight excluding hydrogens is 387 g/mol. The van der Waals surface area contributed by atoms with Crippen molar-refractivity contribution in [1.82, 2.24) is 18.8 Å². The normalized spacial score (nSPS) is 19.5. The van der Waals surface area contributed by atoms with Crippen molar-refractivity contribution in [3.05, 3.63) is 17.1 Å². The summed E-state index contributed by atoms with van der Waals surface area (Å²) < 4.78 is 25.4. The van der Waals surface area contributed by atoms with Gasteiger partial charge in [0, 0.05) is 0 Å². The summed E-state index contributed by atoms with van der Waals surface area (Å²) in [5.41, 5.74) is 4.19. The molecule has 0 saturated carbocycles. The van der Waals surface area contributed by atoms with Crippen molar-refractivity contribution in [3.8, 4) is 0 Å². The molecule has 2 N–H and O–H groups in total. The van der Waals surface area contributed by atoms with Crippen LogP contribution in [0.5, 0.6) is 0 Å². The van der Waals surface area contributed by atoms with Gasteiger partial charge in [0.25, 0.3) is 0 Å². The quantitative estimate of drug-likeness (QED) is 0.755. The molecule has 24 heavy (non-hydrogen) atoms. The zero-order valence-corrected chi connectivity index (χ0v) is 17.3. The van der Waals surface area contributed by atoms with Crippen LogP contribution in [-0.2, 0) is 13.1 Å². The molecule has 1 saturated heterocycles. The number of nitrogens with zero attached hydrogens (tertiary/aromatic N) is 4. The Kier molecular flexibility index (Phi) is 5.02. The Labute approximate surface area is 153 Å². The fourth-order valence-corrected chi connectivity index (χ4v) is 5.39. The van der Waals surface area contributed by atoms with E-state index in [1.807, 2.05) is 6.92 Å². The molecule has 1 aliphatic rings. The summed E-state index contributed by atoms with van der Waals surface area (Å²) in [6, 6.07) is 0. The number of rotatable bonds is 4. The maximum absolute atomic E-state index is 10.2. The number of pyridine rings is 1. The third-order valence-electron chi connectivity index (χ3n) is 4.53. The van der Waals surface area contributed by atoms with Crippen LogP contribution in [0.1, 0.15) is 37.4 Å². The molecule has 8 heteroatoms. The predicted molar refractivity (Wildman–Crippen MR) is 100.0 cm³/mol. The van der Waals surface area contributed by atoms with Crippen LogP contribution in [0.3, 0.4) is 0 Å². The van der Waals surface area contributed by atoms with Gasteiger partial charge in [0.05, 0.1) is 0 Å². The SMILES string of the molecule is Cc1nc([As])c2nc(CN3CCCS3(O)O)n(CC(C)C)c2c1C. The Balaban J connectivity index is 2.13. The van der Waals surface area contributed by atoms with Gasteiger partial charge in [-0.1, -0.05) is 0 Å². The number of hydrogen-bond acceptors (Lipinski definition) is 5. The molecular formula is C16H25AsN4O2S. The molecule has 2 aromatic heterocycles. The summed E-state index contributed by atoms with van der Waals surface area (Å²) in [5, 5.41) is 0. The first-order valence-electron chi connectivity index (χ1n) is 8.27. The van der Waals surface area contributed by atoms with Crippen molar-refractivity contribution in [2.24, 2.45) is 5.92 Å². The van der Waals surface area contributed by atoms with Crippen LogP contribution in [-0.4, -0.2) is 57.1 Å². The van der Waals surface area contributed by atoms with Crippen LogP contribution in [0, 0.1) is 19.8 Å². The van der Waals surface area contributed by atoms with E-state index in [2.05, 4.69) is 47.2 Å². The van der Waals surface area contributed by atoms with Crippen molar-refractivity contribution in [2.75, 3.05) is 12.3 Å². The first kappa shape index (κ1) is 18.2. The van der Waals surface area contributed by atoms with Crippen molar-refractivity contribution in [3.63, 3.8) is 0 Å². The molecule has 6 nitrogen and oxygen atoms in total. The van der Waals surface area contributed by atoms with Gasteiger partial charge in [-0.15, -0.1) is 0 Å². The topological polar surface area (TPSA) is 74.4 Å². The van der Waals surface area contributed by atoms with Gasteiger partial charge in [0.1, 0.15) is 0 Å². The van der Waals surface area contributed by atoms with E-state index in [1.165, 1.54) is 0 Å². The molecule has 1 fully saturated rings. The van der Waals surface area contributed by atoms with Gasteiger partial charge in [0.2, 0.25) is 0 Å². The molecule has 0 unspecified atom stereocenters. The molecule has 2 radical (unpaired) electrons. The molecule has 3 heterocycles. The van der Waals surface area contributed by atoms with Gasteiger partial charge < -0.3 is 0 Å². The van der Waals surface area contributed by atoms with E-state index in [4.69, 9.17) is 4.98 Å². The molecule has 3 rings (SSSR count). The third-order valence-corrected chi connectivity index (χ3v) is 7.16. The van der Waals surface area contributed by atoms with Gasteiger partial charge in [-0.3, -0.25) is 0 Å². The van der Waals surface area contributed by atoms with E-state index >= 15 is 0 Å². The third kappa shape index (κ3) is 3.25. The Morgan fingerprint density at radius 3 is 2.54 bits per heavy atom. The second kappa shape index (κ2) is 6.61. The van der Waals surface area contributed by atoms with Crippen LogP contribution in [0.25, 0.3) is 11.0 Å². The van der Waals surface area contributed by atoms with Gasteiger partial charge in [-0.05, 0) is 0 Å². The standard InChI is InChI=1S/C16H25AsN4O2S/c1-10(2)8-21-13(9-20-6-5-7-24(20,22)23)19-14-15(21)11(3)12(4)18-16(14)17/h10,22-23H,5-9H2,1-4H3. The van der Waals surface area contributed by atoms with Crippen LogP contribution in [0.15, 0.2) is 0 Å². The van der Waals surface area contributed by atoms with E-state index in [0.717, 1.165) is 45.6 Å². The van der Waals surface area contributed by atoms with Crippen LogP contribution < -0.4 is 4.48 Å². The molecule has 0 aromatic carbocycles. The van der Waals surface area contributed by atoms with E-state index in [9.17, 15) is 9.11 Å². The number of aromatic nitrogens is 3. The monoisotopic (exact) mass is 412 g/mol. The van der Waals surface area contributed by atoms with E-state index in [1.54, 1.807) is 4.31 Å². The molecule has 0 aliphatic carbocycles. The number of aryl methyl sites for hydroxylation is 2. The van der Waals surface area contributed by atoms with Crippen LogP contribution in [0.2, 0.25) is 0 Å². The number of hydrogen-bond donors (Lipinski definition) is 2. The minimum atomic E-state index is -2.64. The second-order valence-electron chi connectivity index (χ2n) is 6.93. The summed E-state index contributed by atoms with van der Waals surface area (Å²) >= 11 is 2.51. The first-order valence-corrected chi connectivity index (χ1v) is 10.9. The Morgan fingerprint density at radius 1 is 1.25 bits per heavy atom. The fraction of sp³-hybridized carbons (Fsp3) is 0.625. The number of imidazole rings is 1. The first-order chi connectivity index (χ1) is 11.2. The minimum absolute atomic E-state index is 0.465. The zero-order valence-electron chi connectivity index (χ0n) is 14.7. The molecule has 0 bridgehead atoms. The number of fused-ring (bicyclic) bond motifs is 1. The average Bonchev–Trinajstić information content (AvgIpc) is 2.98. The van der Waals surface area contributed by atoms with Crippen molar-refractivity contribution in [1.29, 1.82) is 0 Å². The van der Waals surface area contributed by atoms with Gasteiger partial charge >= 0.3 is 154 Å². The zero-order chi connectivity index (χ0) is 17.6. The Morgan fingerprint density at radius 2 is 1.96 bits per heavy atom. The summed E-state index contributed by atoms with van der Waals surface area (Å²) in [5.74, 6) is 1.83. The van der Waals surface area contributed by atoms with E-state index in [0.29, 0.717) is 24.8 Å². The van der Waals surface area contributed by atoms with Crippen molar-refractivity contribution < 1.29 is 9.11 Å². The summed E-state index contributed by atoms with van der Waals surface area (Å²) in [4.78, 5) is 9.42. The second-order valence-corrected chi connectivity index (χ2v) is 10.0. The molecule has 0 amide bonds. The molecule has 1 aliphatic heterocycles. The molecule has 132 valence electrons. The van der Waals surface area contributed by atoms with Crippen molar-refractivity contribution >= 4 is 43.1 Å². The molecule has 0 spiro atoms. The van der Waals surface area contributed by atoms with Gasteiger partial charge in [-0.2, -0.15) is 0 Å². The van der Waals surface area contributed by atoms with Crippen LogP contribution in [0.4, 0.5) is 0 Å². The van der Waals surface area contributed by atoms with E-state index in [-0.39, 0.29) is 0 Å². The Hall–Kier alpha value is -0.592. The average molecular weight is 412 g/mol. The van der Waals surface area contributed by atoms with E-state index < -0.39 is 10.8 Å². The van der Waals surface area contributed by atoms with Crippen LogP contribution >= 0.6 is 10.8 Å². The predicted octanol–water partition coefficient (Wildman–Crippen LogP) is 2.37. The van der Waals surface area contributed by atoms with Gasteiger partial charge in [0.15, 0.2) is 0 Å². The van der Waals surface area contributed by atoms with Crippen molar-refractivity contribution in [2.45, 2.75) is 47.2 Å². The van der Waals surface area contributed by atoms with Gasteiger partial charge in [-0.25, -0.2) is 0 Å². The molecule has 0 atom stereocenters. The summed E-state index contributed by atoms with van der Waals surface area (Å²) in [6.45, 7) is 10.5.